The smallest absolute Gasteiger partial charge is 0.343 e. The Bertz CT molecular complexity index is 1280. The third-order valence-electron chi connectivity index (χ3n) is 4.75. The van der Waals surface area contributed by atoms with Gasteiger partial charge in [-0.05, 0) is 66.1 Å². The number of benzene rings is 3. The van der Waals surface area contributed by atoms with Gasteiger partial charge in [0.15, 0.2) is 11.5 Å². The molecule has 0 aliphatic rings. The van der Waals surface area contributed by atoms with E-state index in [0.717, 1.165) is 12.0 Å². The summed E-state index contributed by atoms with van der Waals surface area (Å²) in [5.74, 6) is -2.01. The van der Waals surface area contributed by atoms with Gasteiger partial charge in [-0.15, -0.1) is 0 Å². The molecule has 0 radical (unpaired) electrons. The molecule has 3 aromatic rings. The number of hydrogen-bond donors (Lipinski definition) is 2. The summed E-state index contributed by atoms with van der Waals surface area (Å²) in [5.41, 5.74) is 4.51. The molecule has 3 aromatic carbocycles. The van der Waals surface area contributed by atoms with Crippen molar-refractivity contribution >= 4 is 52.9 Å². The summed E-state index contributed by atoms with van der Waals surface area (Å²) in [6.45, 7) is 2.02. The number of esters is 1. The molecule has 0 aromatic heterocycles. The molecule has 0 heterocycles. The highest BCUT2D eigenvalue weighted by Gasteiger charge is 2.15. The Morgan fingerprint density at radius 2 is 1.66 bits per heavy atom. The number of rotatable bonds is 7. The fourth-order valence-electron chi connectivity index (χ4n) is 2.86. The van der Waals surface area contributed by atoms with Crippen molar-refractivity contribution in [3.63, 3.8) is 0 Å². The van der Waals surface area contributed by atoms with Crippen LogP contribution in [0.1, 0.15) is 28.4 Å². The summed E-state index contributed by atoms with van der Waals surface area (Å²) in [6, 6.07) is 16.2. The maximum absolute atomic E-state index is 12.4. The number of anilines is 1. The molecule has 0 aliphatic carbocycles. The van der Waals surface area contributed by atoms with Crippen molar-refractivity contribution in [1.29, 1.82) is 0 Å². The molecule has 0 saturated carbocycles. The van der Waals surface area contributed by atoms with E-state index < -0.39 is 17.8 Å². The molecule has 0 unspecified atom stereocenters. The predicted octanol–water partition coefficient (Wildman–Crippen LogP) is 4.87. The lowest BCUT2D eigenvalue weighted by molar-refractivity contribution is -0.136. The molecule has 0 bridgehead atoms. The van der Waals surface area contributed by atoms with Gasteiger partial charge in [-0.2, -0.15) is 5.10 Å². The second kappa shape index (κ2) is 12.0. The van der Waals surface area contributed by atoms with Gasteiger partial charge < -0.3 is 14.8 Å². The number of nitrogens with one attached hydrogen (secondary N) is 2. The van der Waals surface area contributed by atoms with Crippen LogP contribution in [0.25, 0.3) is 0 Å². The molecular weight excluding hydrogens is 493 g/mol. The summed E-state index contributed by atoms with van der Waals surface area (Å²) >= 11 is 11.8. The summed E-state index contributed by atoms with van der Waals surface area (Å²) < 4.78 is 10.7. The first-order valence-electron chi connectivity index (χ1n) is 10.4. The van der Waals surface area contributed by atoms with E-state index in [9.17, 15) is 14.4 Å². The Morgan fingerprint density at radius 1 is 0.914 bits per heavy atom. The summed E-state index contributed by atoms with van der Waals surface area (Å²) in [4.78, 5) is 36.4. The highest BCUT2D eigenvalue weighted by Crippen LogP contribution is 2.29. The molecule has 35 heavy (non-hydrogen) atoms. The monoisotopic (exact) mass is 513 g/mol. The van der Waals surface area contributed by atoms with Crippen LogP contribution in [0.4, 0.5) is 5.69 Å². The number of carbonyl (C=O) groups excluding carboxylic acids is 3. The fourth-order valence-corrected chi connectivity index (χ4v) is 3.16. The number of carbonyl (C=O) groups is 3. The zero-order valence-electron chi connectivity index (χ0n) is 18.8. The van der Waals surface area contributed by atoms with Crippen LogP contribution in [0.2, 0.25) is 10.0 Å². The van der Waals surface area contributed by atoms with Crippen molar-refractivity contribution in [2.24, 2.45) is 5.10 Å². The van der Waals surface area contributed by atoms with Crippen molar-refractivity contribution in [3.05, 3.63) is 87.4 Å². The van der Waals surface area contributed by atoms with Crippen LogP contribution < -0.4 is 20.2 Å². The van der Waals surface area contributed by atoms with Crippen molar-refractivity contribution in [3.8, 4) is 11.5 Å². The minimum atomic E-state index is -0.931. The van der Waals surface area contributed by atoms with Gasteiger partial charge in [0.2, 0.25) is 0 Å². The van der Waals surface area contributed by atoms with Gasteiger partial charge in [0, 0.05) is 5.69 Å². The van der Waals surface area contributed by atoms with E-state index in [1.54, 1.807) is 24.3 Å². The maximum atomic E-state index is 12.4. The zero-order valence-corrected chi connectivity index (χ0v) is 20.3. The highest BCUT2D eigenvalue weighted by atomic mass is 35.5. The molecule has 0 fully saturated rings. The van der Waals surface area contributed by atoms with E-state index in [1.165, 1.54) is 37.6 Å². The van der Waals surface area contributed by atoms with Crippen LogP contribution in [0.3, 0.4) is 0 Å². The Labute approximate surface area is 211 Å². The quantitative estimate of drug-likeness (QED) is 0.154. The van der Waals surface area contributed by atoms with Gasteiger partial charge in [-0.3, -0.25) is 9.59 Å². The first-order chi connectivity index (χ1) is 16.8. The Hall–Kier alpha value is -3.88. The van der Waals surface area contributed by atoms with Gasteiger partial charge in [-0.1, -0.05) is 42.3 Å². The number of ether oxygens (including phenoxy) is 2. The van der Waals surface area contributed by atoms with E-state index >= 15 is 0 Å². The van der Waals surface area contributed by atoms with Gasteiger partial charge in [-0.25, -0.2) is 10.2 Å². The average Bonchev–Trinajstić information content (AvgIpc) is 2.86. The number of aryl methyl sites for hydroxylation is 1. The Morgan fingerprint density at radius 3 is 2.31 bits per heavy atom. The minimum Gasteiger partial charge on any atom is -0.493 e. The molecule has 0 spiro atoms. The van der Waals surface area contributed by atoms with Crippen LogP contribution in [-0.4, -0.2) is 31.1 Å². The van der Waals surface area contributed by atoms with E-state index in [2.05, 4.69) is 15.8 Å². The topological polar surface area (TPSA) is 106 Å². The van der Waals surface area contributed by atoms with Crippen LogP contribution in [0.15, 0.2) is 65.8 Å². The van der Waals surface area contributed by atoms with E-state index in [-0.39, 0.29) is 22.1 Å². The van der Waals surface area contributed by atoms with Gasteiger partial charge in [0.25, 0.3) is 0 Å². The van der Waals surface area contributed by atoms with Crippen molar-refractivity contribution < 1.29 is 23.9 Å². The number of amides is 2. The number of halogens is 2. The van der Waals surface area contributed by atoms with Crippen LogP contribution in [0, 0.1) is 0 Å². The summed E-state index contributed by atoms with van der Waals surface area (Å²) in [6.07, 6.45) is 2.18. The Balaban J connectivity index is 1.60. The number of nitrogens with zero attached hydrogens (tertiary/aromatic N) is 1. The van der Waals surface area contributed by atoms with Crippen LogP contribution in [-0.2, 0) is 16.0 Å². The largest absolute Gasteiger partial charge is 0.493 e. The normalized spacial score (nSPS) is 10.6. The summed E-state index contributed by atoms with van der Waals surface area (Å²) in [7, 11) is 1.41. The van der Waals surface area contributed by atoms with Gasteiger partial charge in [0.05, 0.1) is 28.9 Å². The standard InChI is InChI=1S/C25H21Cl2N3O5/c1-3-15-4-8-18(9-5-15)29-23(31)24(32)30-28-14-16-6-11-21(22(12-16)34-2)35-25(33)17-7-10-19(26)20(27)13-17/h4-14H,3H2,1-2H3,(H,29,31)(H,30,32)/b28-14-. The highest BCUT2D eigenvalue weighted by molar-refractivity contribution is 6.42. The van der Waals surface area contributed by atoms with Gasteiger partial charge in [0.1, 0.15) is 0 Å². The van der Waals surface area contributed by atoms with E-state index in [1.807, 2.05) is 19.1 Å². The number of hydrazone groups is 1. The molecule has 180 valence electrons. The first-order valence-corrected chi connectivity index (χ1v) is 11.1. The fraction of sp³-hybridized carbons (Fsp3) is 0.120. The molecule has 3 rings (SSSR count). The van der Waals surface area contributed by atoms with Crippen LogP contribution >= 0.6 is 23.2 Å². The molecule has 0 aliphatic heterocycles. The lowest BCUT2D eigenvalue weighted by atomic mass is 10.1. The van der Waals surface area contributed by atoms with E-state index in [0.29, 0.717) is 16.3 Å². The molecule has 8 nitrogen and oxygen atoms in total. The van der Waals surface area contributed by atoms with Crippen molar-refractivity contribution in [1.82, 2.24) is 5.43 Å². The lowest BCUT2D eigenvalue weighted by Crippen LogP contribution is -2.32. The third kappa shape index (κ3) is 7.05. The molecular formula is C25H21Cl2N3O5. The minimum absolute atomic E-state index is 0.165. The predicted molar refractivity (Wildman–Crippen MR) is 135 cm³/mol. The zero-order chi connectivity index (χ0) is 25.4. The number of methoxy groups -OCH3 is 1. The second-order valence-electron chi connectivity index (χ2n) is 7.13. The maximum Gasteiger partial charge on any atom is 0.343 e. The van der Waals surface area contributed by atoms with Crippen molar-refractivity contribution in [2.45, 2.75) is 13.3 Å². The Kier molecular flexibility index (Phi) is 8.83. The van der Waals surface area contributed by atoms with Gasteiger partial charge >= 0.3 is 17.8 Å². The number of hydrogen-bond acceptors (Lipinski definition) is 6. The van der Waals surface area contributed by atoms with Crippen LogP contribution in [0.5, 0.6) is 11.5 Å². The molecule has 0 atom stereocenters. The molecule has 10 heteroatoms. The van der Waals surface area contributed by atoms with E-state index in [4.69, 9.17) is 32.7 Å². The third-order valence-corrected chi connectivity index (χ3v) is 5.49. The molecule has 2 amide bonds. The summed E-state index contributed by atoms with van der Waals surface area (Å²) in [5, 5.41) is 6.83. The lowest BCUT2D eigenvalue weighted by Gasteiger charge is -2.10. The van der Waals surface area contributed by atoms with Crippen molar-refractivity contribution in [2.75, 3.05) is 12.4 Å². The SMILES string of the molecule is CCc1ccc(NC(=O)C(=O)N/N=C\c2ccc(OC(=O)c3ccc(Cl)c(Cl)c3)c(OC)c2)cc1. The average molecular weight is 514 g/mol. The first kappa shape index (κ1) is 25.7. The second-order valence-corrected chi connectivity index (χ2v) is 7.95. The molecule has 2 N–H and O–H groups in total. The molecule has 0 saturated heterocycles.